The van der Waals surface area contributed by atoms with Gasteiger partial charge in [0, 0.05) is 5.92 Å². The van der Waals surface area contributed by atoms with E-state index in [1.807, 2.05) is 6.07 Å². The summed E-state index contributed by atoms with van der Waals surface area (Å²) < 4.78 is 5.27. The van der Waals surface area contributed by atoms with Crippen molar-refractivity contribution in [2.75, 3.05) is 7.11 Å². The first-order valence-electron chi connectivity index (χ1n) is 5.19. The Kier molecular flexibility index (Phi) is 3.80. The summed E-state index contributed by atoms with van der Waals surface area (Å²) >= 11 is 0. The summed E-state index contributed by atoms with van der Waals surface area (Å²) in [6.07, 6.45) is 6.33. The van der Waals surface area contributed by atoms with E-state index in [1.54, 1.807) is 7.11 Å². The molecule has 0 saturated heterocycles. The van der Waals surface area contributed by atoms with E-state index in [9.17, 15) is 0 Å². The van der Waals surface area contributed by atoms with E-state index in [-0.39, 0.29) is 5.92 Å². The second-order valence-electron chi connectivity index (χ2n) is 3.95. The molecule has 15 heavy (non-hydrogen) atoms. The third kappa shape index (κ3) is 2.53. The van der Waals surface area contributed by atoms with Crippen molar-refractivity contribution in [3.8, 4) is 18.1 Å². The van der Waals surface area contributed by atoms with Gasteiger partial charge in [-0.25, -0.2) is 0 Å². The Hall–Kier alpha value is -1.42. The third-order valence-corrected chi connectivity index (χ3v) is 2.88. The van der Waals surface area contributed by atoms with Crippen LogP contribution in [0.4, 0.5) is 0 Å². The van der Waals surface area contributed by atoms with Crippen LogP contribution in [0.25, 0.3) is 0 Å². The van der Waals surface area contributed by atoms with Gasteiger partial charge in [0.1, 0.15) is 5.75 Å². The lowest BCUT2D eigenvalue weighted by molar-refractivity contribution is 0.411. The topological polar surface area (TPSA) is 9.23 Å². The van der Waals surface area contributed by atoms with Gasteiger partial charge in [-0.15, -0.1) is 12.3 Å². The quantitative estimate of drug-likeness (QED) is 0.684. The molecule has 1 nitrogen and oxygen atoms in total. The molecule has 1 atom stereocenters. The first-order valence-corrected chi connectivity index (χ1v) is 5.19. The Morgan fingerprint density at radius 1 is 1.33 bits per heavy atom. The molecule has 0 aromatic heterocycles. The van der Waals surface area contributed by atoms with Crippen LogP contribution in [0, 0.1) is 32.1 Å². The van der Waals surface area contributed by atoms with Crippen molar-refractivity contribution in [3.63, 3.8) is 0 Å². The van der Waals surface area contributed by atoms with Gasteiger partial charge in [0.15, 0.2) is 0 Å². The van der Waals surface area contributed by atoms with Crippen LogP contribution in [0.1, 0.15) is 23.6 Å². The zero-order chi connectivity index (χ0) is 11.4. The maximum Gasteiger partial charge on any atom is 0.122 e. The normalized spacial score (nSPS) is 11.9. The van der Waals surface area contributed by atoms with E-state index in [1.165, 1.54) is 16.7 Å². The largest absolute Gasteiger partial charge is 0.496 e. The second kappa shape index (κ2) is 4.89. The zero-order valence-electron chi connectivity index (χ0n) is 9.92. The minimum absolute atomic E-state index is 0.288. The van der Waals surface area contributed by atoms with E-state index >= 15 is 0 Å². The Morgan fingerprint density at radius 2 is 2.00 bits per heavy atom. The minimum Gasteiger partial charge on any atom is -0.496 e. The molecule has 0 spiro atoms. The van der Waals surface area contributed by atoms with Crippen LogP contribution in [0.5, 0.6) is 5.75 Å². The second-order valence-corrected chi connectivity index (χ2v) is 3.95. The van der Waals surface area contributed by atoms with Crippen molar-refractivity contribution in [3.05, 3.63) is 28.8 Å². The first kappa shape index (κ1) is 11.7. The van der Waals surface area contributed by atoms with E-state index in [2.05, 4.69) is 32.8 Å². The molecule has 0 aliphatic carbocycles. The fraction of sp³-hybridized carbons (Fsp3) is 0.429. The molecule has 0 N–H and O–H groups in total. The molecule has 0 fully saturated rings. The maximum absolute atomic E-state index is 5.39. The molecular formula is C14H18O. The average Bonchev–Trinajstić information content (AvgIpc) is 2.25. The average molecular weight is 202 g/mol. The summed E-state index contributed by atoms with van der Waals surface area (Å²) in [6, 6.07) is 4.12. The minimum atomic E-state index is 0.288. The molecule has 1 rings (SSSR count). The lowest BCUT2D eigenvalue weighted by Crippen LogP contribution is -2.01. The molecule has 1 aromatic rings. The summed E-state index contributed by atoms with van der Waals surface area (Å²) in [4.78, 5) is 0. The standard InChI is InChI=1S/C14H18O/c1-6-10(2)9-13-7-8-14(15-5)12(4)11(13)3/h1,7-8,10H,9H2,2-5H3. The van der Waals surface area contributed by atoms with E-state index in [0.717, 1.165) is 12.2 Å². The fourth-order valence-electron chi connectivity index (χ4n) is 1.68. The summed E-state index contributed by atoms with van der Waals surface area (Å²) in [5, 5.41) is 0. The van der Waals surface area contributed by atoms with Crippen molar-refractivity contribution < 1.29 is 4.74 Å². The number of terminal acetylenes is 1. The van der Waals surface area contributed by atoms with Crippen LogP contribution >= 0.6 is 0 Å². The van der Waals surface area contributed by atoms with Crippen LogP contribution < -0.4 is 4.74 Å². The Labute approximate surface area is 92.5 Å². The molecule has 80 valence electrons. The van der Waals surface area contributed by atoms with Crippen molar-refractivity contribution >= 4 is 0 Å². The molecule has 0 saturated carbocycles. The van der Waals surface area contributed by atoms with Gasteiger partial charge in [-0.1, -0.05) is 13.0 Å². The zero-order valence-corrected chi connectivity index (χ0v) is 9.92. The van der Waals surface area contributed by atoms with Crippen molar-refractivity contribution in [1.29, 1.82) is 0 Å². The van der Waals surface area contributed by atoms with E-state index in [4.69, 9.17) is 11.2 Å². The van der Waals surface area contributed by atoms with E-state index < -0.39 is 0 Å². The van der Waals surface area contributed by atoms with Gasteiger partial charge >= 0.3 is 0 Å². The Balaban J connectivity index is 3.02. The van der Waals surface area contributed by atoms with Crippen LogP contribution in [-0.4, -0.2) is 7.11 Å². The number of hydrogen-bond donors (Lipinski definition) is 0. The van der Waals surface area contributed by atoms with Gasteiger partial charge in [-0.2, -0.15) is 0 Å². The SMILES string of the molecule is C#CC(C)Cc1ccc(OC)c(C)c1C. The van der Waals surface area contributed by atoms with Gasteiger partial charge in [0.2, 0.25) is 0 Å². The highest BCUT2D eigenvalue weighted by Gasteiger charge is 2.08. The summed E-state index contributed by atoms with van der Waals surface area (Å²) in [5.74, 6) is 3.99. The van der Waals surface area contributed by atoms with Gasteiger partial charge in [0.05, 0.1) is 7.11 Å². The molecule has 0 aliphatic rings. The third-order valence-electron chi connectivity index (χ3n) is 2.88. The molecular weight excluding hydrogens is 184 g/mol. The number of rotatable bonds is 3. The van der Waals surface area contributed by atoms with Crippen molar-refractivity contribution in [2.24, 2.45) is 5.92 Å². The van der Waals surface area contributed by atoms with Crippen molar-refractivity contribution in [1.82, 2.24) is 0 Å². The fourth-order valence-corrected chi connectivity index (χ4v) is 1.68. The lowest BCUT2D eigenvalue weighted by atomic mass is 9.95. The number of methoxy groups -OCH3 is 1. The predicted molar refractivity (Wildman–Crippen MR) is 64.2 cm³/mol. The molecule has 0 amide bonds. The lowest BCUT2D eigenvalue weighted by Gasteiger charge is -2.13. The summed E-state index contributed by atoms with van der Waals surface area (Å²) in [7, 11) is 1.70. The highest BCUT2D eigenvalue weighted by molar-refractivity contribution is 5.43. The summed E-state index contributed by atoms with van der Waals surface area (Å²) in [5.41, 5.74) is 3.81. The van der Waals surface area contributed by atoms with Crippen LogP contribution in [0.2, 0.25) is 0 Å². The van der Waals surface area contributed by atoms with Crippen LogP contribution in [-0.2, 0) is 6.42 Å². The molecule has 0 heterocycles. The molecule has 1 unspecified atom stereocenters. The highest BCUT2D eigenvalue weighted by atomic mass is 16.5. The van der Waals surface area contributed by atoms with Gasteiger partial charge in [0.25, 0.3) is 0 Å². The molecule has 0 radical (unpaired) electrons. The molecule has 0 aliphatic heterocycles. The van der Waals surface area contributed by atoms with E-state index in [0.29, 0.717) is 0 Å². The predicted octanol–water partition coefficient (Wildman–Crippen LogP) is 3.12. The first-order chi connectivity index (χ1) is 7.10. The Bertz CT molecular complexity index is 385. The maximum atomic E-state index is 5.39. The highest BCUT2D eigenvalue weighted by Crippen LogP contribution is 2.25. The van der Waals surface area contributed by atoms with Crippen LogP contribution in [0.15, 0.2) is 12.1 Å². The molecule has 1 aromatic carbocycles. The van der Waals surface area contributed by atoms with Gasteiger partial charge in [-0.3, -0.25) is 0 Å². The van der Waals surface area contributed by atoms with Gasteiger partial charge < -0.3 is 4.74 Å². The monoisotopic (exact) mass is 202 g/mol. The van der Waals surface area contributed by atoms with Gasteiger partial charge in [-0.05, 0) is 43.0 Å². The Morgan fingerprint density at radius 3 is 2.53 bits per heavy atom. The molecule has 0 bridgehead atoms. The smallest absolute Gasteiger partial charge is 0.122 e. The number of ether oxygens (including phenoxy) is 1. The number of benzene rings is 1. The number of hydrogen-bond acceptors (Lipinski definition) is 1. The van der Waals surface area contributed by atoms with Crippen molar-refractivity contribution in [2.45, 2.75) is 27.2 Å². The summed E-state index contributed by atoms with van der Waals surface area (Å²) in [6.45, 7) is 6.27. The van der Waals surface area contributed by atoms with Crippen LogP contribution in [0.3, 0.4) is 0 Å². The molecule has 1 heteroatoms.